The van der Waals surface area contributed by atoms with E-state index in [0.29, 0.717) is 19.0 Å². The number of hydrogen-bond acceptors (Lipinski definition) is 4. The van der Waals surface area contributed by atoms with Crippen LogP contribution in [0.3, 0.4) is 0 Å². The average molecular weight is 290 g/mol. The molecule has 0 spiro atoms. The second-order valence-electron chi connectivity index (χ2n) is 5.97. The predicted octanol–water partition coefficient (Wildman–Crippen LogP) is 0.786. The molecule has 1 aliphatic rings. The number of nitrogens with two attached hydrogens (primary N) is 1. The van der Waals surface area contributed by atoms with E-state index in [9.17, 15) is 13.2 Å². The van der Waals surface area contributed by atoms with Gasteiger partial charge in [0.05, 0.1) is 0 Å². The standard InChI is InChI=1S/C13H26N2O3S/c1-5-10-6-7-15(11(8-10)9-14)12(16)13(2,3)19(4,17)18/h10-11H,5-9,14H2,1-4H3. The van der Waals surface area contributed by atoms with Crippen molar-refractivity contribution in [1.29, 1.82) is 0 Å². The third-order valence-corrected chi connectivity index (χ3v) is 6.41. The first-order valence-corrected chi connectivity index (χ1v) is 8.75. The minimum Gasteiger partial charge on any atom is -0.337 e. The lowest BCUT2D eigenvalue weighted by molar-refractivity contribution is -0.137. The third-order valence-electron chi connectivity index (χ3n) is 4.38. The fourth-order valence-electron chi connectivity index (χ4n) is 2.50. The zero-order valence-corrected chi connectivity index (χ0v) is 13.2. The molecular weight excluding hydrogens is 264 g/mol. The highest BCUT2D eigenvalue weighted by Gasteiger charge is 2.44. The zero-order valence-electron chi connectivity index (χ0n) is 12.3. The normalized spacial score (nSPS) is 25.4. The molecule has 1 aliphatic heterocycles. The van der Waals surface area contributed by atoms with Crippen molar-refractivity contribution in [3.63, 3.8) is 0 Å². The minimum absolute atomic E-state index is 0.0350. The molecule has 1 rings (SSSR count). The van der Waals surface area contributed by atoms with Crippen LogP contribution in [0.2, 0.25) is 0 Å². The minimum atomic E-state index is -3.43. The van der Waals surface area contributed by atoms with E-state index in [0.717, 1.165) is 25.5 Å². The highest BCUT2D eigenvalue weighted by Crippen LogP contribution is 2.28. The molecule has 2 N–H and O–H groups in total. The molecule has 2 atom stereocenters. The summed E-state index contributed by atoms with van der Waals surface area (Å²) in [6.07, 6.45) is 3.99. The number of carbonyl (C=O) groups excluding carboxylic acids is 1. The van der Waals surface area contributed by atoms with E-state index in [1.807, 2.05) is 0 Å². The fraction of sp³-hybridized carbons (Fsp3) is 0.923. The predicted molar refractivity (Wildman–Crippen MR) is 76.5 cm³/mol. The van der Waals surface area contributed by atoms with E-state index in [-0.39, 0.29) is 11.9 Å². The van der Waals surface area contributed by atoms with Crippen LogP contribution in [0.15, 0.2) is 0 Å². The smallest absolute Gasteiger partial charge is 0.243 e. The van der Waals surface area contributed by atoms with E-state index in [1.165, 1.54) is 13.8 Å². The molecule has 112 valence electrons. The monoisotopic (exact) mass is 290 g/mol. The Bertz CT molecular complexity index is 431. The van der Waals surface area contributed by atoms with Crippen LogP contribution >= 0.6 is 0 Å². The van der Waals surface area contributed by atoms with Crippen LogP contribution < -0.4 is 5.73 Å². The van der Waals surface area contributed by atoms with E-state index in [1.54, 1.807) is 4.90 Å². The number of rotatable bonds is 4. The van der Waals surface area contributed by atoms with Gasteiger partial charge in [0.2, 0.25) is 5.91 Å². The van der Waals surface area contributed by atoms with Crippen molar-refractivity contribution in [2.75, 3.05) is 19.3 Å². The molecule has 0 radical (unpaired) electrons. The second-order valence-corrected chi connectivity index (χ2v) is 8.53. The highest BCUT2D eigenvalue weighted by atomic mass is 32.2. The van der Waals surface area contributed by atoms with Crippen molar-refractivity contribution >= 4 is 15.7 Å². The van der Waals surface area contributed by atoms with Gasteiger partial charge in [-0.2, -0.15) is 0 Å². The Hall–Kier alpha value is -0.620. The maximum absolute atomic E-state index is 12.5. The van der Waals surface area contributed by atoms with Crippen molar-refractivity contribution in [2.24, 2.45) is 11.7 Å². The molecule has 0 bridgehead atoms. The number of hydrogen-bond donors (Lipinski definition) is 1. The Morgan fingerprint density at radius 3 is 2.42 bits per heavy atom. The van der Waals surface area contributed by atoms with E-state index < -0.39 is 14.6 Å². The largest absolute Gasteiger partial charge is 0.337 e. The summed E-state index contributed by atoms with van der Waals surface area (Å²) in [5.41, 5.74) is 5.76. The van der Waals surface area contributed by atoms with Gasteiger partial charge in [-0.05, 0) is 32.6 Å². The Labute approximate surface area is 116 Å². The molecule has 0 aliphatic carbocycles. The van der Waals surface area contributed by atoms with Crippen molar-refractivity contribution < 1.29 is 13.2 Å². The summed E-state index contributed by atoms with van der Waals surface area (Å²) in [6, 6.07) is -0.0350. The number of carbonyl (C=O) groups is 1. The third kappa shape index (κ3) is 3.28. The Morgan fingerprint density at radius 2 is 2.00 bits per heavy atom. The van der Waals surface area contributed by atoms with Crippen LogP contribution in [0.25, 0.3) is 0 Å². The molecule has 1 heterocycles. The highest BCUT2D eigenvalue weighted by molar-refractivity contribution is 7.92. The van der Waals surface area contributed by atoms with Gasteiger partial charge in [0, 0.05) is 25.4 Å². The SMILES string of the molecule is CCC1CCN(C(=O)C(C)(C)S(C)(=O)=O)C(CN)C1. The molecule has 0 saturated carbocycles. The molecule has 1 amide bonds. The van der Waals surface area contributed by atoms with Gasteiger partial charge >= 0.3 is 0 Å². The summed E-state index contributed by atoms with van der Waals surface area (Å²) >= 11 is 0. The van der Waals surface area contributed by atoms with Gasteiger partial charge in [0.1, 0.15) is 4.75 Å². The zero-order chi connectivity index (χ0) is 14.8. The molecule has 19 heavy (non-hydrogen) atoms. The molecule has 1 saturated heterocycles. The lowest BCUT2D eigenvalue weighted by atomic mass is 9.88. The molecule has 5 nitrogen and oxygen atoms in total. The summed E-state index contributed by atoms with van der Waals surface area (Å²) in [7, 11) is -3.43. The number of amides is 1. The number of nitrogens with zero attached hydrogens (tertiary/aromatic N) is 1. The average Bonchev–Trinajstić information content (AvgIpc) is 2.35. The van der Waals surface area contributed by atoms with Crippen LogP contribution in [0.4, 0.5) is 0 Å². The Balaban J connectivity index is 2.93. The van der Waals surface area contributed by atoms with E-state index in [2.05, 4.69) is 6.92 Å². The van der Waals surface area contributed by atoms with Crippen molar-refractivity contribution in [3.8, 4) is 0 Å². The van der Waals surface area contributed by atoms with Gasteiger partial charge in [0.25, 0.3) is 0 Å². The molecular formula is C13H26N2O3S. The molecule has 1 fully saturated rings. The lowest BCUT2D eigenvalue weighted by Gasteiger charge is -2.41. The molecule has 0 aromatic rings. The summed E-state index contributed by atoms with van der Waals surface area (Å²) < 4.78 is 22.2. The first-order valence-electron chi connectivity index (χ1n) is 6.85. The van der Waals surface area contributed by atoms with Gasteiger partial charge in [0.15, 0.2) is 9.84 Å². The lowest BCUT2D eigenvalue weighted by Crippen LogP contribution is -2.57. The first-order chi connectivity index (χ1) is 8.65. The van der Waals surface area contributed by atoms with Crippen molar-refractivity contribution in [2.45, 2.75) is 50.8 Å². The summed E-state index contributed by atoms with van der Waals surface area (Å²) in [5, 5.41) is 0. The van der Waals surface area contributed by atoms with Crippen LogP contribution in [-0.2, 0) is 14.6 Å². The van der Waals surface area contributed by atoms with E-state index >= 15 is 0 Å². The van der Waals surface area contributed by atoms with Crippen molar-refractivity contribution in [1.82, 2.24) is 4.90 Å². The van der Waals surface area contributed by atoms with Crippen LogP contribution in [0, 0.1) is 5.92 Å². The number of likely N-dealkylation sites (tertiary alicyclic amines) is 1. The molecule has 6 heteroatoms. The van der Waals surface area contributed by atoms with E-state index in [4.69, 9.17) is 5.73 Å². The Kier molecular flexibility index (Phi) is 5.01. The topological polar surface area (TPSA) is 80.5 Å². The van der Waals surface area contributed by atoms with Gasteiger partial charge in [-0.15, -0.1) is 0 Å². The fourth-order valence-corrected chi connectivity index (χ4v) is 2.93. The van der Waals surface area contributed by atoms with Gasteiger partial charge < -0.3 is 10.6 Å². The van der Waals surface area contributed by atoms with Crippen molar-refractivity contribution in [3.05, 3.63) is 0 Å². The molecule has 2 unspecified atom stereocenters. The number of piperidine rings is 1. The quantitative estimate of drug-likeness (QED) is 0.830. The summed E-state index contributed by atoms with van der Waals surface area (Å²) in [4.78, 5) is 14.2. The molecule has 0 aromatic carbocycles. The van der Waals surface area contributed by atoms with Crippen LogP contribution in [0.5, 0.6) is 0 Å². The number of sulfone groups is 1. The maximum atomic E-state index is 12.5. The summed E-state index contributed by atoms with van der Waals surface area (Å²) in [5.74, 6) is 0.263. The van der Waals surface area contributed by atoms with Crippen LogP contribution in [-0.4, -0.2) is 49.4 Å². The van der Waals surface area contributed by atoms with Gasteiger partial charge in [-0.25, -0.2) is 8.42 Å². The van der Waals surface area contributed by atoms with Gasteiger partial charge in [-0.3, -0.25) is 4.79 Å². The maximum Gasteiger partial charge on any atom is 0.243 e. The second kappa shape index (κ2) is 5.79. The molecule has 0 aromatic heterocycles. The first kappa shape index (κ1) is 16.4. The van der Waals surface area contributed by atoms with Crippen LogP contribution in [0.1, 0.15) is 40.0 Å². The van der Waals surface area contributed by atoms with Gasteiger partial charge in [-0.1, -0.05) is 13.3 Å². The Morgan fingerprint density at radius 1 is 1.42 bits per heavy atom. The summed E-state index contributed by atoms with van der Waals surface area (Å²) in [6.45, 7) is 6.09.